The van der Waals surface area contributed by atoms with E-state index in [-0.39, 0.29) is 23.7 Å². The van der Waals surface area contributed by atoms with Crippen molar-refractivity contribution in [2.45, 2.75) is 46.3 Å². The summed E-state index contributed by atoms with van der Waals surface area (Å²) < 4.78 is 24.7. The van der Waals surface area contributed by atoms with Crippen molar-refractivity contribution in [2.24, 2.45) is 0 Å². The summed E-state index contributed by atoms with van der Waals surface area (Å²) in [5, 5.41) is 2.86. The van der Waals surface area contributed by atoms with Crippen molar-refractivity contribution in [2.75, 3.05) is 6.61 Å². The highest BCUT2D eigenvalue weighted by Crippen LogP contribution is 2.26. The van der Waals surface area contributed by atoms with Crippen LogP contribution in [0.3, 0.4) is 0 Å². The monoisotopic (exact) mass is 435 g/mol. The fraction of sp³-hybridized carbons (Fsp3) is 0.296. The lowest BCUT2D eigenvalue weighted by atomic mass is 9.87. The minimum absolute atomic E-state index is 0.0796. The SMILES string of the molecule is CCOc1ccc(C(=O)NCc2ccc(F)cc2)cc1COc1ccc(C(C)(C)C)cc1. The number of halogens is 1. The van der Waals surface area contributed by atoms with Crippen molar-refractivity contribution >= 4 is 5.91 Å². The Labute approximate surface area is 189 Å². The number of carbonyl (C=O) groups excluding carboxylic acids is 1. The van der Waals surface area contributed by atoms with Crippen LogP contribution in [-0.2, 0) is 18.6 Å². The molecule has 3 aromatic carbocycles. The van der Waals surface area contributed by atoms with Crippen molar-refractivity contribution < 1.29 is 18.7 Å². The molecule has 0 fully saturated rings. The van der Waals surface area contributed by atoms with Crippen molar-refractivity contribution in [3.8, 4) is 11.5 Å². The van der Waals surface area contributed by atoms with Gasteiger partial charge in [-0.3, -0.25) is 4.79 Å². The second-order valence-corrected chi connectivity index (χ2v) is 8.63. The maximum Gasteiger partial charge on any atom is 0.251 e. The molecule has 4 nitrogen and oxygen atoms in total. The summed E-state index contributed by atoms with van der Waals surface area (Å²) >= 11 is 0. The zero-order valence-electron chi connectivity index (χ0n) is 19.1. The highest BCUT2D eigenvalue weighted by Gasteiger charge is 2.14. The maximum atomic E-state index is 13.1. The van der Waals surface area contributed by atoms with Gasteiger partial charge in [-0.15, -0.1) is 0 Å². The van der Waals surface area contributed by atoms with Gasteiger partial charge < -0.3 is 14.8 Å². The summed E-state index contributed by atoms with van der Waals surface area (Å²) in [6.07, 6.45) is 0. The quantitative estimate of drug-likeness (QED) is 0.470. The third kappa shape index (κ3) is 6.33. The molecule has 168 valence electrons. The molecule has 0 bridgehead atoms. The Balaban J connectivity index is 1.69. The molecule has 1 amide bonds. The Hall–Kier alpha value is -3.34. The third-order valence-electron chi connectivity index (χ3n) is 5.10. The first-order valence-corrected chi connectivity index (χ1v) is 10.8. The molecule has 0 unspecified atom stereocenters. The number of carbonyl (C=O) groups is 1. The summed E-state index contributed by atoms with van der Waals surface area (Å²) in [7, 11) is 0. The number of hydrogen-bond acceptors (Lipinski definition) is 3. The summed E-state index contributed by atoms with van der Waals surface area (Å²) in [4.78, 5) is 12.6. The van der Waals surface area contributed by atoms with Gasteiger partial charge in [0.2, 0.25) is 0 Å². The van der Waals surface area contributed by atoms with Gasteiger partial charge in [-0.2, -0.15) is 0 Å². The van der Waals surface area contributed by atoms with Gasteiger partial charge in [0.05, 0.1) is 6.61 Å². The number of rotatable bonds is 8. The fourth-order valence-corrected chi connectivity index (χ4v) is 3.23. The predicted octanol–water partition coefficient (Wildman–Crippen LogP) is 6.03. The number of amides is 1. The van der Waals surface area contributed by atoms with Gasteiger partial charge in [-0.1, -0.05) is 45.0 Å². The van der Waals surface area contributed by atoms with Crippen molar-refractivity contribution in [1.82, 2.24) is 5.32 Å². The first-order chi connectivity index (χ1) is 15.3. The van der Waals surface area contributed by atoms with Gasteiger partial charge in [0.1, 0.15) is 23.9 Å². The molecular formula is C27H30FNO3. The van der Waals surface area contributed by atoms with Crippen LogP contribution >= 0.6 is 0 Å². The summed E-state index contributed by atoms with van der Waals surface area (Å²) in [6, 6.07) is 19.4. The highest BCUT2D eigenvalue weighted by molar-refractivity contribution is 5.94. The molecule has 0 radical (unpaired) electrons. The topological polar surface area (TPSA) is 47.6 Å². The van der Waals surface area contributed by atoms with Gasteiger partial charge in [-0.05, 0) is 65.9 Å². The number of benzene rings is 3. The largest absolute Gasteiger partial charge is 0.493 e. The smallest absolute Gasteiger partial charge is 0.251 e. The molecule has 0 aromatic heterocycles. The van der Waals surface area contributed by atoms with Crippen LogP contribution in [0.4, 0.5) is 4.39 Å². The fourth-order valence-electron chi connectivity index (χ4n) is 3.23. The molecule has 5 heteroatoms. The Morgan fingerprint density at radius 1 is 0.938 bits per heavy atom. The Bertz CT molecular complexity index is 1040. The minimum Gasteiger partial charge on any atom is -0.493 e. The van der Waals surface area contributed by atoms with Gasteiger partial charge in [0.15, 0.2) is 0 Å². The number of nitrogens with one attached hydrogen (secondary N) is 1. The molecule has 0 aliphatic carbocycles. The molecule has 0 heterocycles. The highest BCUT2D eigenvalue weighted by atomic mass is 19.1. The zero-order chi connectivity index (χ0) is 23.1. The van der Waals surface area contributed by atoms with Crippen LogP contribution in [0.1, 0.15) is 54.7 Å². The summed E-state index contributed by atoms with van der Waals surface area (Å²) in [5.74, 6) is 0.929. The number of ether oxygens (including phenoxy) is 2. The second kappa shape index (κ2) is 10.3. The lowest BCUT2D eigenvalue weighted by Gasteiger charge is -2.19. The van der Waals surface area contributed by atoms with E-state index < -0.39 is 0 Å². The van der Waals surface area contributed by atoms with Crippen LogP contribution in [0.15, 0.2) is 66.7 Å². The Morgan fingerprint density at radius 2 is 1.62 bits per heavy atom. The van der Waals surface area contributed by atoms with E-state index in [1.807, 2.05) is 19.1 Å². The van der Waals surface area contributed by atoms with Gasteiger partial charge in [0.25, 0.3) is 5.91 Å². The molecule has 32 heavy (non-hydrogen) atoms. The Morgan fingerprint density at radius 3 is 2.25 bits per heavy atom. The standard InChI is InChI=1S/C27H30FNO3/c1-5-31-25-15-8-20(26(30)29-17-19-6-11-23(28)12-7-19)16-21(25)18-32-24-13-9-22(10-14-24)27(2,3)4/h6-16H,5,17-18H2,1-4H3,(H,29,30). The average molecular weight is 436 g/mol. The molecule has 3 rings (SSSR count). The van der Waals surface area contributed by atoms with Gasteiger partial charge in [0, 0.05) is 17.7 Å². The molecule has 1 N–H and O–H groups in total. The minimum atomic E-state index is -0.302. The van der Waals surface area contributed by atoms with E-state index in [1.54, 1.807) is 30.3 Å². The van der Waals surface area contributed by atoms with Crippen molar-refractivity contribution in [1.29, 1.82) is 0 Å². The van der Waals surface area contributed by atoms with Crippen LogP contribution in [0.5, 0.6) is 11.5 Å². The molecule has 0 saturated carbocycles. The van der Waals surface area contributed by atoms with Gasteiger partial charge in [-0.25, -0.2) is 4.39 Å². The predicted molar refractivity (Wildman–Crippen MR) is 125 cm³/mol. The molecule has 0 spiro atoms. The van der Waals surface area contributed by atoms with Crippen LogP contribution in [0.25, 0.3) is 0 Å². The van der Waals surface area contributed by atoms with E-state index in [9.17, 15) is 9.18 Å². The first kappa shape index (κ1) is 23.3. The van der Waals surface area contributed by atoms with Gasteiger partial charge >= 0.3 is 0 Å². The van der Waals surface area contributed by atoms with Crippen LogP contribution in [-0.4, -0.2) is 12.5 Å². The molecule has 0 saturated heterocycles. The van der Waals surface area contributed by atoms with Crippen molar-refractivity contribution in [3.63, 3.8) is 0 Å². The molecule has 0 aliphatic heterocycles. The molecular weight excluding hydrogens is 405 g/mol. The lowest BCUT2D eigenvalue weighted by molar-refractivity contribution is 0.0950. The lowest BCUT2D eigenvalue weighted by Crippen LogP contribution is -2.23. The van der Waals surface area contributed by atoms with E-state index in [0.29, 0.717) is 24.5 Å². The third-order valence-corrected chi connectivity index (χ3v) is 5.10. The molecule has 3 aromatic rings. The Kier molecular flexibility index (Phi) is 7.52. The zero-order valence-corrected chi connectivity index (χ0v) is 19.1. The van der Waals surface area contributed by atoms with Crippen LogP contribution < -0.4 is 14.8 Å². The van der Waals surface area contributed by atoms with E-state index >= 15 is 0 Å². The molecule has 0 aliphatic rings. The number of hydrogen-bond donors (Lipinski definition) is 1. The maximum absolute atomic E-state index is 13.1. The average Bonchev–Trinajstić information content (AvgIpc) is 2.77. The van der Waals surface area contributed by atoms with Crippen molar-refractivity contribution in [3.05, 3.63) is 94.8 Å². The summed E-state index contributed by atoms with van der Waals surface area (Å²) in [5.41, 5.74) is 3.45. The van der Waals surface area contributed by atoms with E-state index in [0.717, 1.165) is 16.9 Å². The summed E-state index contributed by atoms with van der Waals surface area (Å²) in [6.45, 7) is 9.54. The first-order valence-electron chi connectivity index (χ1n) is 10.8. The normalized spacial score (nSPS) is 11.2. The van der Waals surface area contributed by atoms with E-state index in [1.165, 1.54) is 17.7 Å². The van der Waals surface area contributed by atoms with E-state index in [4.69, 9.17) is 9.47 Å². The van der Waals surface area contributed by atoms with Crippen LogP contribution in [0, 0.1) is 5.82 Å². The van der Waals surface area contributed by atoms with E-state index in [2.05, 4.69) is 38.2 Å². The van der Waals surface area contributed by atoms with Crippen LogP contribution in [0.2, 0.25) is 0 Å². The molecule has 0 atom stereocenters. The second-order valence-electron chi connectivity index (χ2n) is 8.63.